The van der Waals surface area contributed by atoms with Crippen LogP contribution in [0.15, 0.2) is 23.1 Å². The second-order valence-electron chi connectivity index (χ2n) is 2.85. The van der Waals surface area contributed by atoms with Crippen LogP contribution in [-0.4, -0.2) is 20.6 Å². The Morgan fingerprint density at radius 3 is 2.36 bits per heavy atom. The number of para-hydroxylation sites is 1. The van der Waals surface area contributed by atoms with Gasteiger partial charge in [-0.05, 0) is 12.1 Å². The highest BCUT2D eigenvalue weighted by Crippen LogP contribution is 2.21. The lowest BCUT2D eigenvalue weighted by Gasteiger charge is -2.06. The lowest BCUT2D eigenvalue weighted by molar-refractivity contribution is 0.100. The molecule has 0 radical (unpaired) electrons. The van der Waals surface area contributed by atoms with Crippen LogP contribution in [0.5, 0.6) is 0 Å². The monoisotopic (exact) mass is 214 g/mol. The van der Waals surface area contributed by atoms with Crippen LogP contribution in [0.1, 0.15) is 10.4 Å². The molecule has 0 saturated carbocycles. The molecule has 0 atom stereocenters. The van der Waals surface area contributed by atoms with Crippen molar-refractivity contribution >= 4 is 21.4 Å². The van der Waals surface area contributed by atoms with Crippen molar-refractivity contribution in [1.29, 1.82) is 0 Å². The molecule has 1 aromatic rings. The molecule has 0 aliphatic carbocycles. The van der Waals surface area contributed by atoms with Crippen LogP contribution in [0.3, 0.4) is 0 Å². The Bertz CT molecular complexity index is 479. The molecule has 4 N–H and O–H groups in total. The van der Waals surface area contributed by atoms with Crippen molar-refractivity contribution in [3.63, 3.8) is 0 Å². The van der Waals surface area contributed by atoms with Gasteiger partial charge >= 0.3 is 0 Å². The van der Waals surface area contributed by atoms with E-state index >= 15 is 0 Å². The highest BCUT2D eigenvalue weighted by atomic mass is 32.2. The zero-order chi connectivity index (χ0) is 10.9. The van der Waals surface area contributed by atoms with Gasteiger partial charge in [0.1, 0.15) is 0 Å². The van der Waals surface area contributed by atoms with Gasteiger partial charge in [-0.2, -0.15) is 0 Å². The number of carbonyl (C=O) groups excluding carboxylic acids is 1. The average Bonchev–Trinajstić information content (AvgIpc) is 2.01. The van der Waals surface area contributed by atoms with E-state index in [1.165, 1.54) is 18.2 Å². The molecule has 6 heteroatoms. The average molecular weight is 214 g/mol. The minimum absolute atomic E-state index is 0.0212. The molecule has 1 amide bonds. The van der Waals surface area contributed by atoms with E-state index in [2.05, 4.69) is 0 Å². The second kappa shape index (κ2) is 3.30. The highest BCUT2D eigenvalue weighted by molar-refractivity contribution is 7.90. The lowest BCUT2D eigenvalue weighted by atomic mass is 10.2. The summed E-state index contributed by atoms with van der Waals surface area (Å²) in [7, 11) is -3.42. The maximum atomic E-state index is 11.2. The third-order valence-electron chi connectivity index (χ3n) is 1.73. The summed E-state index contributed by atoms with van der Waals surface area (Å²) in [6.45, 7) is 0. The lowest BCUT2D eigenvalue weighted by Crippen LogP contribution is -2.15. The van der Waals surface area contributed by atoms with Crippen molar-refractivity contribution < 1.29 is 13.2 Å². The van der Waals surface area contributed by atoms with Crippen LogP contribution in [0.2, 0.25) is 0 Å². The maximum absolute atomic E-state index is 11.2. The number of anilines is 1. The number of sulfone groups is 1. The molecule has 1 rings (SSSR count). The number of primary amides is 1. The van der Waals surface area contributed by atoms with E-state index in [9.17, 15) is 13.2 Å². The first-order valence-electron chi connectivity index (χ1n) is 3.72. The summed E-state index contributed by atoms with van der Waals surface area (Å²) in [6.07, 6.45) is 1.02. The van der Waals surface area contributed by atoms with Gasteiger partial charge < -0.3 is 11.5 Å². The number of amides is 1. The molecule has 0 aliphatic rings. The van der Waals surface area contributed by atoms with Crippen LogP contribution >= 0.6 is 0 Å². The van der Waals surface area contributed by atoms with Gasteiger partial charge in [-0.1, -0.05) is 6.07 Å². The van der Waals surface area contributed by atoms with Gasteiger partial charge in [-0.15, -0.1) is 0 Å². The van der Waals surface area contributed by atoms with E-state index in [1.54, 1.807) is 0 Å². The van der Waals surface area contributed by atoms with Crippen molar-refractivity contribution in [3.8, 4) is 0 Å². The van der Waals surface area contributed by atoms with Crippen molar-refractivity contribution in [2.75, 3.05) is 12.0 Å². The number of rotatable bonds is 2. The highest BCUT2D eigenvalue weighted by Gasteiger charge is 2.16. The number of nitrogen functional groups attached to an aromatic ring is 1. The Hall–Kier alpha value is -1.56. The van der Waals surface area contributed by atoms with Gasteiger partial charge in [-0.3, -0.25) is 4.79 Å². The van der Waals surface area contributed by atoms with Crippen LogP contribution in [0.25, 0.3) is 0 Å². The molecule has 0 heterocycles. The Morgan fingerprint density at radius 2 is 1.93 bits per heavy atom. The summed E-state index contributed by atoms with van der Waals surface area (Å²) in [6, 6.07) is 4.14. The Kier molecular flexibility index (Phi) is 2.48. The summed E-state index contributed by atoms with van der Waals surface area (Å²) < 4.78 is 22.4. The standard InChI is InChI=1S/C8H10N2O3S/c1-14(12,13)6-4-2-3-5(7(6)9)8(10)11/h2-4H,9H2,1H3,(H2,10,11). The molecule has 0 saturated heterocycles. The third-order valence-corrected chi connectivity index (χ3v) is 2.89. The molecule has 0 spiro atoms. The largest absolute Gasteiger partial charge is 0.397 e. The summed E-state index contributed by atoms with van der Waals surface area (Å²) in [5.74, 6) is -0.743. The van der Waals surface area contributed by atoms with E-state index in [4.69, 9.17) is 11.5 Å². The fourth-order valence-electron chi connectivity index (χ4n) is 1.08. The predicted octanol–water partition coefficient (Wildman–Crippen LogP) is -0.229. The first-order chi connectivity index (χ1) is 6.34. The van der Waals surface area contributed by atoms with E-state index in [1.807, 2.05) is 0 Å². The second-order valence-corrected chi connectivity index (χ2v) is 4.84. The minimum atomic E-state index is -3.42. The predicted molar refractivity (Wildman–Crippen MR) is 52.5 cm³/mol. The first-order valence-corrected chi connectivity index (χ1v) is 5.61. The van der Waals surface area contributed by atoms with Crippen molar-refractivity contribution in [1.82, 2.24) is 0 Å². The number of hydrogen-bond donors (Lipinski definition) is 2. The van der Waals surface area contributed by atoms with E-state index in [0.29, 0.717) is 0 Å². The number of hydrogen-bond acceptors (Lipinski definition) is 4. The van der Waals surface area contributed by atoms with Crippen molar-refractivity contribution in [3.05, 3.63) is 23.8 Å². The van der Waals surface area contributed by atoms with Gasteiger partial charge in [-0.25, -0.2) is 8.42 Å². The SMILES string of the molecule is CS(=O)(=O)c1cccc(C(N)=O)c1N. The molecule has 0 fully saturated rings. The Labute approximate surface area is 81.6 Å². The van der Waals surface area contributed by atoms with E-state index in [-0.39, 0.29) is 16.1 Å². The van der Waals surface area contributed by atoms with Crippen LogP contribution in [-0.2, 0) is 9.84 Å². The van der Waals surface area contributed by atoms with Crippen LogP contribution < -0.4 is 11.5 Å². The van der Waals surface area contributed by atoms with Gasteiger partial charge in [0.2, 0.25) is 0 Å². The zero-order valence-electron chi connectivity index (χ0n) is 7.52. The number of benzene rings is 1. The normalized spacial score (nSPS) is 11.2. The summed E-state index contributed by atoms with van der Waals surface area (Å²) in [5, 5.41) is 0. The van der Waals surface area contributed by atoms with Crippen LogP contribution in [0, 0.1) is 0 Å². The third kappa shape index (κ3) is 1.85. The fourth-order valence-corrected chi connectivity index (χ4v) is 1.92. The van der Waals surface area contributed by atoms with Gasteiger partial charge in [0.25, 0.3) is 5.91 Å². The topological polar surface area (TPSA) is 103 Å². The molecule has 76 valence electrons. The molecule has 0 aliphatic heterocycles. The Balaban J connectivity index is 3.51. The number of carbonyl (C=O) groups is 1. The molecule has 5 nitrogen and oxygen atoms in total. The van der Waals surface area contributed by atoms with Gasteiger partial charge in [0, 0.05) is 6.26 Å². The molecule has 0 unspecified atom stereocenters. The summed E-state index contributed by atoms with van der Waals surface area (Å²) in [5.41, 5.74) is 10.4. The Morgan fingerprint density at radius 1 is 1.36 bits per heavy atom. The molecular weight excluding hydrogens is 204 g/mol. The molecule has 14 heavy (non-hydrogen) atoms. The fraction of sp³-hybridized carbons (Fsp3) is 0.125. The quantitative estimate of drug-likeness (QED) is 0.663. The van der Waals surface area contributed by atoms with Crippen molar-refractivity contribution in [2.24, 2.45) is 5.73 Å². The number of nitrogens with two attached hydrogens (primary N) is 2. The van der Waals surface area contributed by atoms with E-state index < -0.39 is 15.7 Å². The van der Waals surface area contributed by atoms with Gasteiger partial charge in [0.15, 0.2) is 9.84 Å². The maximum Gasteiger partial charge on any atom is 0.250 e. The molecular formula is C8H10N2O3S. The van der Waals surface area contributed by atoms with Gasteiger partial charge in [0.05, 0.1) is 16.1 Å². The van der Waals surface area contributed by atoms with Crippen LogP contribution in [0.4, 0.5) is 5.69 Å². The first kappa shape index (κ1) is 10.5. The van der Waals surface area contributed by atoms with E-state index in [0.717, 1.165) is 6.26 Å². The zero-order valence-corrected chi connectivity index (χ0v) is 8.34. The summed E-state index contributed by atoms with van der Waals surface area (Å²) in [4.78, 5) is 10.8. The molecule has 1 aromatic carbocycles. The molecule has 0 aromatic heterocycles. The summed E-state index contributed by atoms with van der Waals surface area (Å²) >= 11 is 0. The smallest absolute Gasteiger partial charge is 0.250 e. The van der Waals surface area contributed by atoms with Crippen molar-refractivity contribution in [2.45, 2.75) is 4.90 Å². The minimum Gasteiger partial charge on any atom is -0.397 e. The molecule has 0 bridgehead atoms.